The smallest absolute Gasteiger partial charge is 0.315 e. The molecule has 0 aromatic carbocycles. The molecule has 1 aliphatic rings. The van der Waals surface area contributed by atoms with Crippen LogP contribution in [0.4, 0.5) is 13.6 Å². The molecule has 1 fully saturated rings. The fourth-order valence-corrected chi connectivity index (χ4v) is 5.62. The maximum atomic E-state index is 14.2. The summed E-state index contributed by atoms with van der Waals surface area (Å²) >= 11 is 0. The zero-order valence-electron chi connectivity index (χ0n) is 28.7. The predicted octanol–water partition coefficient (Wildman–Crippen LogP) is 2.05. The number of alkyl halides is 2. The summed E-state index contributed by atoms with van der Waals surface area (Å²) in [5.74, 6) is -2.63. The second-order valence-electron chi connectivity index (χ2n) is 14.4. The van der Waals surface area contributed by atoms with Gasteiger partial charge in [-0.15, -0.1) is 0 Å². The molecule has 1 rings (SSSR count). The van der Waals surface area contributed by atoms with Gasteiger partial charge in [-0.2, -0.15) is 5.26 Å². The SMILES string of the molecule is CC(C)C1CCN(C(=O)[C@@H](NC(=O)N[C@H](CN(C)S(C)(=O)=O)C(C)(C)C)C(C)(C)C)[C@@H]1C(=O)N[C@@H](CC(F)F)C(=O)NCCC#N. The molecule has 0 aromatic rings. The normalized spacial score (nSPS) is 19.4. The van der Waals surface area contributed by atoms with Crippen LogP contribution in [0.2, 0.25) is 0 Å². The summed E-state index contributed by atoms with van der Waals surface area (Å²) in [5, 5.41) is 19.1. The number of likely N-dealkylation sites (N-methyl/N-ethyl adjacent to an activating group) is 1. The molecule has 0 spiro atoms. The van der Waals surface area contributed by atoms with Crippen LogP contribution in [-0.4, -0.2) is 105 Å². The lowest BCUT2D eigenvalue weighted by atomic mass is 9.84. The molecular weight excluding hydrogens is 624 g/mol. The van der Waals surface area contributed by atoms with Crippen LogP contribution in [0.1, 0.15) is 74.7 Å². The number of rotatable bonds is 14. The zero-order valence-corrected chi connectivity index (χ0v) is 29.6. The molecule has 1 heterocycles. The first-order valence-corrected chi connectivity index (χ1v) is 17.3. The van der Waals surface area contributed by atoms with E-state index in [1.807, 2.05) is 40.7 Å². The highest BCUT2D eigenvalue weighted by Gasteiger charge is 2.48. The van der Waals surface area contributed by atoms with Crippen LogP contribution in [0.3, 0.4) is 0 Å². The number of hydrogen-bond acceptors (Lipinski definition) is 7. The Kier molecular flexibility index (Phi) is 14.8. The molecule has 1 unspecified atom stereocenters. The molecular formula is C30H53F2N7O6S. The number of nitrogens with zero attached hydrogens (tertiary/aromatic N) is 3. The van der Waals surface area contributed by atoms with E-state index >= 15 is 0 Å². The Bertz CT molecular complexity index is 1230. The van der Waals surface area contributed by atoms with Crippen molar-refractivity contribution >= 4 is 33.8 Å². The lowest BCUT2D eigenvalue weighted by Gasteiger charge is -2.38. The second-order valence-corrected chi connectivity index (χ2v) is 16.5. The van der Waals surface area contributed by atoms with Crippen LogP contribution in [0.15, 0.2) is 0 Å². The van der Waals surface area contributed by atoms with Gasteiger partial charge in [0.2, 0.25) is 34.2 Å². The fourth-order valence-electron chi connectivity index (χ4n) is 5.20. The number of sulfonamides is 1. The van der Waals surface area contributed by atoms with Gasteiger partial charge in [0, 0.05) is 39.1 Å². The highest BCUT2D eigenvalue weighted by molar-refractivity contribution is 7.88. The van der Waals surface area contributed by atoms with Gasteiger partial charge >= 0.3 is 6.03 Å². The first-order chi connectivity index (χ1) is 20.9. The van der Waals surface area contributed by atoms with E-state index in [9.17, 15) is 36.4 Å². The number of carbonyl (C=O) groups excluding carboxylic acids is 4. The first kappa shape index (κ1) is 41.0. The standard InChI is InChI=1S/C30H53F2N7O6S/c1-18(2)19-12-15-39(23(19)26(41)35-20(16-22(31)32)25(40)34-14-11-13-33)27(42)24(30(6,7)8)37-28(43)36-21(29(3,4)5)17-38(9)46(10,44)45/h18-24H,11-12,14-17H2,1-10H3,(H,34,40)(H,35,41)(H2,36,37,43)/t19?,20-,21+,23-,24+/m0/s1. The minimum absolute atomic E-state index is 0.0157. The second kappa shape index (κ2) is 16.7. The Labute approximate surface area is 272 Å². The van der Waals surface area contributed by atoms with Crippen molar-refractivity contribution in [1.82, 2.24) is 30.5 Å². The average Bonchev–Trinajstić information content (AvgIpc) is 3.34. The number of urea groups is 1. The molecule has 46 heavy (non-hydrogen) atoms. The Morgan fingerprint density at radius 1 is 1.02 bits per heavy atom. The van der Waals surface area contributed by atoms with Gasteiger partial charge in [0.25, 0.3) is 0 Å². The van der Waals surface area contributed by atoms with Crippen molar-refractivity contribution < 1.29 is 36.4 Å². The van der Waals surface area contributed by atoms with Gasteiger partial charge in [-0.1, -0.05) is 55.4 Å². The van der Waals surface area contributed by atoms with Gasteiger partial charge in [0.1, 0.15) is 18.1 Å². The van der Waals surface area contributed by atoms with E-state index in [4.69, 9.17) is 5.26 Å². The van der Waals surface area contributed by atoms with Crippen molar-refractivity contribution in [3.63, 3.8) is 0 Å². The van der Waals surface area contributed by atoms with Crippen LogP contribution in [0.25, 0.3) is 0 Å². The fraction of sp³-hybridized carbons (Fsp3) is 0.833. The van der Waals surface area contributed by atoms with E-state index in [1.54, 1.807) is 20.8 Å². The van der Waals surface area contributed by atoms with E-state index in [1.165, 1.54) is 11.9 Å². The maximum absolute atomic E-state index is 14.2. The van der Waals surface area contributed by atoms with Crippen molar-refractivity contribution in [2.24, 2.45) is 22.7 Å². The third kappa shape index (κ3) is 12.3. The third-order valence-corrected chi connectivity index (χ3v) is 9.46. The van der Waals surface area contributed by atoms with Gasteiger partial charge in [-0.3, -0.25) is 14.4 Å². The Morgan fingerprint density at radius 2 is 1.61 bits per heavy atom. The minimum Gasteiger partial charge on any atom is -0.353 e. The number of nitrogens with one attached hydrogen (secondary N) is 4. The lowest BCUT2D eigenvalue weighted by molar-refractivity contribution is -0.144. The van der Waals surface area contributed by atoms with Crippen LogP contribution in [0, 0.1) is 34.0 Å². The highest BCUT2D eigenvalue weighted by Crippen LogP contribution is 2.33. The largest absolute Gasteiger partial charge is 0.353 e. The molecule has 264 valence electrons. The van der Waals surface area contributed by atoms with Gasteiger partial charge in [0.15, 0.2) is 0 Å². The van der Waals surface area contributed by atoms with E-state index in [-0.39, 0.29) is 37.9 Å². The zero-order chi connectivity index (χ0) is 35.8. The Balaban J connectivity index is 3.33. The monoisotopic (exact) mass is 677 g/mol. The van der Waals surface area contributed by atoms with Gasteiger partial charge < -0.3 is 26.2 Å². The molecule has 1 saturated heterocycles. The first-order valence-electron chi connectivity index (χ1n) is 15.4. The molecule has 0 aliphatic carbocycles. The minimum atomic E-state index is -3.54. The quantitative estimate of drug-likeness (QED) is 0.203. The topological polar surface area (TPSA) is 181 Å². The van der Waals surface area contributed by atoms with Gasteiger partial charge in [-0.25, -0.2) is 26.3 Å². The van der Waals surface area contributed by atoms with E-state index < -0.39 is 81.6 Å². The molecule has 1 aliphatic heterocycles. The van der Waals surface area contributed by atoms with Gasteiger partial charge in [-0.05, 0) is 29.1 Å². The molecule has 0 aromatic heterocycles. The lowest BCUT2D eigenvalue weighted by Crippen LogP contribution is -2.62. The average molecular weight is 678 g/mol. The Morgan fingerprint density at radius 3 is 2.07 bits per heavy atom. The van der Waals surface area contributed by atoms with Crippen molar-refractivity contribution in [3.8, 4) is 6.07 Å². The van der Waals surface area contributed by atoms with E-state index in [0.717, 1.165) is 10.6 Å². The van der Waals surface area contributed by atoms with Crippen molar-refractivity contribution in [2.45, 2.75) is 105 Å². The van der Waals surface area contributed by atoms with Crippen molar-refractivity contribution in [3.05, 3.63) is 0 Å². The summed E-state index contributed by atoms with van der Waals surface area (Å²) in [6.07, 6.45) is -2.40. The molecule has 16 heteroatoms. The van der Waals surface area contributed by atoms with Crippen LogP contribution < -0.4 is 21.3 Å². The van der Waals surface area contributed by atoms with E-state index in [2.05, 4.69) is 21.3 Å². The third-order valence-electron chi connectivity index (χ3n) is 8.18. The number of carbonyl (C=O) groups is 4. The van der Waals surface area contributed by atoms with Crippen LogP contribution in [-0.2, 0) is 24.4 Å². The summed E-state index contributed by atoms with van der Waals surface area (Å²) in [6, 6.07) is -3.32. The van der Waals surface area contributed by atoms with Crippen molar-refractivity contribution in [2.75, 3.05) is 32.9 Å². The van der Waals surface area contributed by atoms with E-state index in [0.29, 0.717) is 6.42 Å². The van der Waals surface area contributed by atoms with Crippen LogP contribution >= 0.6 is 0 Å². The Hall–Kier alpha value is -3.06. The summed E-state index contributed by atoms with van der Waals surface area (Å²) in [5.41, 5.74) is -1.40. The number of likely N-dealkylation sites (tertiary alicyclic amines) is 1. The molecule has 5 amide bonds. The van der Waals surface area contributed by atoms with Crippen LogP contribution in [0.5, 0.6) is 0 Å². The summed E-state index contributed by atoms with van der Waals surface area (Å²) < 4.78 is 52.0. The molecule has 4 N–H and O–H groups in total. The number of hydrogen-bond donors (Lipinski definition) is 4. The molecule has 0 bridgehead atoms. The molecule has 13 nitrogen and oxygen atoms in total. The highest BCUT2D eigenvalue weighted by atomic mass is 32.2. The number of amides is 5. The summed E-state index contributed by atoms with van der Waals surface area (Å²) in [7, 11) is -2.13. The molecule has 0 radical (unpaired) electrons. The van der Waals surface area contributed by atoms with Crippen molar-refractivity contribution in [1.29, 1.82) is 5.26 Å². The number of halogens is 2. The number of nitriles is 1. The predicted molar refractivity (Wildman–Crippen MR) is 170 cm³/mol. The molecule has 5 atom stereocenters. The summed E-state index contributed by atoms with van der Waals surface area (Å²) in [6.45, 7) is 14.5. The van der Waals surface area contributed by atoms with Gasteiger partial charge in [0.05, 0.1) is 18.7 Å². The molecule has 0 saturated carbocycles. The summed E-state index contributed by atoms with van der Waals surface area (Å²) in [4.78, 5) is 55.2. The maximum Gasteiger partial charge on any atom is 0.315 e.